The third-order valence-electron chi connectivity index (χ3n) is 3.49. The number of carbonyl (C=O) groups is 1. The summed E-state index contributed by atoms with van der Waals surface area (Å²) in [7, 11) is 0. The third kappa shape index (κ3) is 4.40. The van der Waals surface area contributed by atoms with E-state index in [-0.39, 0.29) is 5.91 Å². The standard InChI is InChI=1S/C18H19Cl2NO2/c1-4-15(23-16-10-11(2)8-9-12(16)3)18(22)21-17-13(19)6-5-7-14(17)20/h5-10,15H,4H2,1-3H3,(H,21,22)/t15-/m0/s1. The first-order chi connectivity index (χ1) is 10.9. The molecular formula is C18H19Cl2NO2. The van der Waals surface area contributed by atoms with Gasteiger partial charge in [-0.2, -0.15) is 0 Å². The second-order valence-corrected chi connectivity index (χ2v) is 6.18. The quantitative estimate of drug-likeness (QED) is 0.782. The number of nitrogens with one attached hydrogen (secondary N) is 1. The largest absolute Gasteiger partial charge is 0.480 e. The van der Waals surface area contributed by atoms with Crippen molar-refractivity contribution < 1.29 is 9.53 Å². The van der Waals surface area contributed by atoms with Crippen LogP contribution in [0.4, 0.5) is 5.69 Å². The van der Waals surface area contributed by atoms with Crippen molar-refractivity contribution in [2.24, 2.45) is 0 Å². The molecule has 0 heterocycles. The number of para-hydroxylation sites is 1. The Morgan fingerprint density at radius 1 is 1.17 bits per heavy atom. The Balaban J connectivity index is 2.17. The van der Waals surface area contributed by atoms with E-state index >= 15 is 0 Å². The predicted octanol–water partition coefficient (Wildman–Crippen LogP) is 5.41. The Morgan fingerprint density at radius 3 is 2.43 bits per heavy atom. The molecule has 0 saturated heterocycles. The summed E-state index contributed by atoms with van der Waals surface area (Å²) < 4.78 is 5.89. The summed E-state index contributed by atoms with van der Waals surface area (Å²) in [5.41, 5.74) is 2.47. The van der Waals surface area contributed by atoms with Gasteiger partial charge in [0.15, 0.2) is 6.10 Å². The fourth-order valence-electron chi connectivity index (χ4n) is 2.13. The van der Waals surface area contributed by atoms with Crippen LogP contribution >= 0.6 is 23.2 Å². The molecule has 0 aliphatic heterocycles. The molecule has 0 bridgehead atoms. The molecule has 0 fully saturated rings. The lowest BCUT2D eigenvalue weighted by Crippen LogP contribution is -2.32. The highest BCUT2D eigenvalue weighted by Crippen LogP contribution is 2.30. The highest BCUT2D eigenvalue weighted by Gasteiger charge is 2.21. The van der Waals surface area contributed by atoms with E-state index < -0.39 is 6.10 Å². The third-order valence-corrected chi connectivity index (χ3v) is 4.12. The van der Waals surface area contributed by atoms with E-state index in [1.807, 2.05) is 39.0 Å². The Bertz CT molecular complexity index is 696. The molecule has 2 aromatic rings. The zero-order valence-corrected chi connectivity index (χ0v) is 14.8. The lowest BCUT2D eigenvalue weighted by atomic mass is 10.1. The van der Waals surface area contributed by atoms with Gasteiger partial charge in [-0.15, -0.1) is 0 Å². The molecule has 1 amide bonds. The topological polar surface area (TPSA) is 38.3 Å². The molecule has 0 aliphatic carbocycles. The van der Waals surface area contributed by atoms with Crippen LogP contribution in [-0.2, 0) is 4.79 Å². The second-order valence-electron chi connectivity index (χ2n) is 5.37. The number of anilines is 1. The van der Waals surface area contributed by atoms with Crippen molar-refractivity contribution in [1.29, 1.82) is 0 Å². The van der Waals surface area contributed by atoms with Crippen molar-refractivity contribution in [3.8, 4) is 5.75 Å². The first-order valence-electron chi connectivity index (χ1n) is 7.41. The molecule has 5 heteroatoms. The smallest absolute Gasteiger partial charge is 0.265 e. The van der Waals surface area contributed by atoms with E-state index in [1.165, 1.54) is 0 Å². The number of hydrogen-bond donors (Lipinski definition) is 1. The van der Waals surface area contributed by atoms with E-state index in [0.717, 1.165) is 11.1 Å². The Labute approximate surface area is 146 Å². The molecule has 0 unspecified atom stereocenters. The lowest BCUT2D eigenvalue weighted by Gasteiger charge is -2.19. The van der Waals surface area contributed by atoms with Crippen LogP contribution in [0.2, 0.25) is 10.0 Å². The fraction of sp³-hybridized carbons (Fsp3) is 0.278. The van der Waals surface area contributed by atoms with Gasteiger partial charge in [0.2, 0.25) is 0 Å². The molecular weight excluding hydrogens is 333 g/mol. The second kappa shape index (κ2) is 7.71. The maximum Gasteiger partial charge on any atom is 0.265 e. The average Bonchev–Trinajstić information content (AvgIpc) is 2.51. The summed E-state index contributed by atoms with van der Waals surface area (Å²) in [6.45, 7) is 5.82. The molecule has 3 nitrogen and oxygen atoms in total. The van der Waals surface area contributed by atoms with Crippen LogP contribution in [0.3, 0.4) is 0 Å². The minimum absolute atomic E-state index is 0.275. The molecule has 0 saturated carbocycles. The van der Waals surface area contributed by atoms with E-state index in [1.54, 1.807) is 18.2 Å². The van der Waals surface area contributed by atoms with Gasteiger partial charge in [0.05, 0.1) is 15.7 Å². The van der Waals surface area contributed by atoms with Gasteiger partial charge in [-0.05, 0) is 49.6 Å². The lowest BCUT2D eigenvalue weighted by molar-refractivity contribution is -0.122. The van der Waals surface area contributed by atoms with Crippen LogP contribution in [0.15, 0.2) is 36.4 Å². The normalized spacial score (nSPS) is 11.9. The molecule has 23 heavy (non-hydrogen) atoms. The number of hydrogen-bond acceptors (Lipinski definition) is 2. The Morgan fingerprint density at radius 2 is 1.83 bits per heavy atom. The molecule has 1 atom stereocenters. The van der Waals surface area contributed by atoms with Gasteiger partial charge in [-0.3, -0.25) is 4.79 Å². The SMILES string of the molecule is CC[C@H](Oc1cc(C)ccc1C)C(=O)Nc1c(Cl)cccc1Cl. The van der Waals surface area contributed by atoms with E-state index in [2.05, 4.69) is 5.32 Å². The van der Waals surface area contributed by atoms with Gasteiger partial charge in [-0.1, -0.05) is 48.3 Å². The molecule has 0 spiro atoms. The van der Waals surface area contributed by atoms with Crippen LogP contribution in [0.1, 0.15) is 24.5 Å². The minimum atomic E-state index is -0.622. The minimum Gasteiger partial charge on any atom is -0.480 e. The van der Waals surface area contributed by atoms with Crippen molar-refractivity contribution >= 4 is 34.8 Å². The number of amides is 1. The molecule has 0 aromatic heterocycles. The van der Waals surface area contributed by atoms with E-state index in [0.29, 0.717) is 27.9 Å². The first-order valence-corrected chi connectivity index (χ1v) is 8.16. The number of ether oxygens (including phenoxy) is 1. The molecule has 1 N–H and O–H groups in total. The zero-order valence-electron chi connectivity index (χ0n) is 13.3. The summed E-state index contributed by atoms with van der Waals surface area (Å²) in [5, 5.41) is 3.55. The van der Waals surface area contributed by atoms with Gasteiger partial charge < -0.3 is 10.1 Å². The Hall–Kier alpha value is -1.71. The van der Waals surface area contributed by atoms with Gasteiger partial charge in [-0.25, -0.2) is 0 Å². The zero-order chi connectivity index (χ0) is 17.0. The van der Waals surface area contributed by atoms with E-state index in [4.69, 9.17) is 27.9 Å². The van der Waals surface area contributed by atoms with Crippen molar-refractivity contribution in [3.63, 3.8) is 0 Å². The molecule has 122 valence electrons. The van der Waals surface area contributed by atoms with Crippen LogP contribution in [-0.4, -0.2) is 12.0 Å². The van der Waals surface area contributed by atoms with Gasteiger partial charge >= 0.3 is 0 Å². The average molecular weight is 352 g/mol. The fourth-order valence-corrected chi connectivity index (χ4v) is 2.62. The van der Waals surface area contributed by atoms with Crippen molar-refractivity contribution in [3.05, 3.63) is 57.6 Å². The van der Waals surface area contributed by atoms with Crippen LogP contribution in [0.5, 0.6) is 5.75 Å². The molecule has 2 rings (SSSR count). The van der Waals surface area contributed by atoms with Gasteiger partial charge in [0.25, 0.3) is 5.91 Å². The van der Waals surface area contributed by atoms with Gasteiger partial charge in [0.1, 0.15) is 5.75 Å². The number of rotatable bonds is 5. The van der Waals surface area contributed by atoms with Crippen LogP contribution in [0, 0.1) is 13.8 Å². The monoisotopic (exact) mass is 351 g/mol. The molecule has 2 aromatic carbocycles. The first kappa shape index (κ1) is 17.6. The highest BCUT2D eigenvalue weighted by molar-refractivity contribution is 6.39. The summed E-state index contributed by atoms with van der Waals surface area (Å²) in [5.74, 6) is 0.431. The summed E-state index contributed by atoms with van der Waals surface area (Å²) >= 11 is 12.2. The van der Waals surface area contributed by atoms with Crippen molar-refractivity contribution in [2.45, 2.75) is 33.3 Å². The highest BCUT2D eigenvalue weighted by atomic mass is 35.5. The summed E-state index contributed by atoms with van der Waals surface area (Å²) in [4.78, 5) is 12.5. The van der Waals surface area contributed by atoms with E-state index in [9.17, 15) is 4.79 Å². The number of aryl methyl sites for hydroxylation is 2. The molecule has 0 aliphatic rings. The van der Waals surface area contributed by atoms with Crippen LogP contribution in [0.25, 0.3) is 0 Å². The maximum atomic E-state index is 12.5. The van der Waals surface area contributed by atoms with Crippen LogP contribution < -0.4 is 10.1 Å². The number of carbonyl (C=O) groups excluding carboxylic acids is 1. The molecule has 0 radical (unpaired) electrons. The summed E-state index contributed by atoms with van der Waals surface area (Å²) in [6, 6.07) is 11.0. The number of benzene rings is 2. The predicted molar refractivity (Wildman–Crippen MR) is 95.7 cm³/mol. The van der Waals surface area contributed by atoms with Gasteiger partial charge in [0, 0.05) is 0 Å². The summed E-state index contributed by atoms with van der Waals surface area (Å²) in [6.07, 6.45) is -0.0933. The van der Waals surface area contributed by atoms with Crippen molar-refractivity contribution in [2.75, 3.05) is 5.32 Å². The maximum absolute atomic E-state index is 12.5. The number of halogens is 2. The Kier molecular flexibility index (Phi) is 5.91. The van der Waals surface area contributed by atoms with Crippen molar-refractivity contribution in [1.82, 2.24) is 0 Å².